The molecular formula is C14H16N4O3. The first-order valence-corrected chi connectivity index (χ1v) is 7.02. The normalized spacial score (nSPS) is 18.9. The highest BCUT2D eigenvalue weighted by atomic mass is 16.6. The van der Waals surface area contributed by atoms with Gasteiger partial charge in [0.1, 0.15) is 5.65 Å². The molecule has 3 rings (SSSR count). The van der Waals surface area contributed by atoms with Crippen LogP contribution in [-0.4, -0.2) is 26.9 Å². The third-order valence-corrected chi connectivity index (χ3v) is 3.95. The summed E-state index contributed by atoms with van der Waals surface area (Å²) in [6, 6.07) is 5.25. The van der Waals surface area contributed by atoms with Crippen LogP contribution in [0.25, 0.3) is 5.65 Å². The molecule has 0 saturated carbocycles. The van der Waals surface area contributed by atoms with Crippen LogP contribution in [0.2, 0.25) is 0 Å². The number of pyridine rings is 1. The number of aromatic nitrogens is 2. The maximum atomic E-state index is 12.4. The maximum Gasteiger partial charge on any atom is 0.376 e. The van der Waals surface area contributed by atoms with Gasteiger partial charge in [0.05, 0.1) is 4.92 Å². The summed E-state index contributed by atoms with van der Waals surface area (Å²) in [6.07, 6.45) is 4.50. The van der Waals surface area contributed by atoms with Crippen molar-refractivity contribution in [2.24, 2.45) is 0 Å². The van der Waals surface area contributed by atoms with E-state index in [1.165, 1.54) is 10.6 Å². The molecule has 0 N–H and O–H groups in total. The highest BCUT2D eigenvalue weighted by Crippen LogP contribution is 2.28. The Kier molecular flexibility index (Phi) is 3.32. The van der Waals surface area contributed by atoms with Crippen molar-refractivity contribution in [3.63, 3.8) is 0 Å². The summed E-state index contributed by atoms with van der Waals surface area (Å²) in [5, 5.41) is 11.4. The van der Waals surface area contributed by atoms with Crippen LogP contribution in [0.1, 0.15) is 26.2 Å². The molecule has 1 unspecified atom stereocenters. The molecule has 0 radical (unpaired) electrons. The molecule has 21 heavy (non-hydrogen) atoms. The largest absolute Gasteiger partial charge is 0.376 e. The van der Waals surface area contributed by atoms with Crippen molar-refractivity contribution in [1.29, 1.82) is 0 Å². The summed E-state index contributed by atoms with van der Waals surface area (Å²) in [6.45, 7) is 2.70. The zero-order chi connectivity index (χ0) is 15.0. The molecule has 1 fully saturated rings. The van der Waals surface area contributed by atoms with Gasteiger partial charge in [-0.05, 0) is 38.3 Å². The minimum Gasteiger partial charge on any atom is -0.348 e. The second-order valence-corrected chi connectivity index (χ2v) is 5.31. The van der Waals surface area contributed by atoms with Gasteiger partial charge in [-0.2, -0.15) is 0 Å². The van der Waals surface area contributed by atoms with Gasteiger partial charge < -0.3 is 4.90 Å². The summed E-state index contributed by atoms with van der Waals surface area (Å²) in [7, 11) is 0. The van der Waals surface area contributed by atoms with Crippen molar-refractivity contribution in [3.8, 4) is 0 Å². The average molecular weight is 288 g/mol. The number of nitro groups is 1. The topological polar surface area (TPSA) is 80.8 Å². The van der Waals surface area contributed by atoms with E-state index in [4.69, 9.17) is 0 Å². The minimum atomic E-state index is -0.627. The molecule has 2 aromatic rings. The minimum absolute atomic E-state index is 0.149. The zero-order valence-corrected chi connectivity index (χ0v) is 11.7. The smallest absolute Gasteiger partial charge is 0.348 e. The van der Waals surface area contributed by atoms with Crippen molar-refractivity contribution in [2.45, 2.75) is 32.2 Å². The fraction of sp³-hybridized carbons (Fsp3) is 0.429. The standard InChI is InChI=1S/C14H16N4O3/c1-10-6-2-4-8-16(10)13-12(18(20)21)14(19)17-9-5-3-7-11(17)15-13/h3,5,7,9-10H,2,4,6,8H2,1H3. The molecule has 1 atom stereocenters. The number of nitrogens with zero attached hydrogens (tertiary/aromatic N) is 4. The van der Waals surface area contributed by atoms with Crippen LogP contribution >= 0.6 is 0 Å². The Bertz CT molecular complexity index is 755. The third-order valence-electron chi connectivity index (χ3n) is 3.95. The summed E-state index contributed by atoms with van der Waals surface area (Å²) in [5.74, 6) is 0.198. The Morgan fingerprint density at radius 2 is 2.19 bits per heavy atom. The van der Waals surface area contributed by atoms with E-state index in [9.17, 15) is 14.9 Å². The Hall–Kier alpha value is -2.44. The molecule has 0 amide bonds. The summed E-state index contributed by atoms with van der Waals surface area (Å²) in [4.78, 5) is 29.4. The lowest BCUT2D eigenvalue weighted by Gasteiger charge is -2.33. The fourth-order valence-corrected chi connectivity index (χ4v) is 2.84. The second-order valence-electron chi connectivity index (χ2n) is 5.31. The Balaban J connectivity index is 2.27. The van der Waals surface area contributed by atoms with E-state index in [2.05, 4.69) is 4.98 Å². The van der Waals surface area contributed by atoms with Gasteiger partial charge in [-0.1, -0.05) is 6.07 Å². The van der Waals surface area contributed by atoms with E-state index in [0.717, 1.165) is 19.3 Å². The number of piperidine rings is 1. The van der Waals surface area contributed by atoms with Crippen molar-refractivity contribution in [1.82, 2.24) is 9.38 Å². The number of fused-ring (bicyclic) bond motifs is 1. The first-order chi connectivity index (χ1) is 10.1. The van der Waals surface area contributed by atoms with Gasteiger partial charge in [-0.3, -0.25) is 19.3 Å². The zero-order valence-electron chi connectivity index (χ0n) is 11.7. The highest BCUT2D eigenvalue weighted by Gasteiger charge is 2.31. The van der Waals surface area contributed by atoms with Crippen LogP contribution < -0.4 is 10.5 Å². The second kappa shape index (κ2) is 5.16. The molecule has 1 saturated heterocycles. The summed E-state index contributed by atoms with van der Waals surface area (Å²) < 4.78 is 1.22. The van der Waals surface area contributed by atoms with E-state index >= 15 is 0 Å². The monoisotopic (exact) mass is 288 g/mol. The van der Waals surface area contributed by atoms with Crippen LogP contribution in [0, 0.1) is 10.1 Å². The van der Waals surface area contributed by atoms with Gasteiger partial charge >= 0.3 is 11.2 Å². The van der Waals surface area contributed by atoms with Crippen molar-refractivity contribution in [3.05, 3.63) is 44.9 Å². The molecule has 7 heteroatoms. The number of hydrogen-bond acceptors (Lipinski definition) is 5. The quantitative estimate of drug-likeness (QED) is 0.623. The first kappa shape index (κ1) is 13.5. The van der Waals surface area contributed by atoms with Crippen molar-refractivity contribution >= 4 is 17.2 Å². The van der Waals surface area contributed by atoms with Crippen molar-refractivity contribution in [2.75, 3.05) is 11.4 Å². The molecule has 2 aromatic heterocycles. The lowest BCUT2D eigenvalue weighted by atomic mass is 10.0. The summed E-state index contributed by atoms with van der Waals surface area (Å²) >= 11 is 0. The van der Waals surface area contributed by atoms with E-state index < -0.39 is 16.2 Å². The molecule has 1 aliphatic heterocycles. The Morgan fingerprint density at radius 1 is 1.38 bits per heavy atom. The predicted molar refractivity (Wildman–Crippen MR) is 78.8 cm³/mol. The number of hydrogen-bond donors (Lipinski definition) is 0. The Morgan fingerprint density at radius 3 is 2.90 bits per heavy atom. The van der Waals surface area contributed by atoms with Crippen LogP contribution in [0.3, 0.4) is 0 Å². The molecule has 0 spiro atoms. The number of rotatable bonds is 2. The third kappa shape index (κ3) is 2.24. The van der Waals surface area contributed by atoms with Gasteiger partial charge in [0.25, 0.3) is 0 Å². The SMILES string of the molecule is CC1CCCCN1c1nc2ccccn2c(=O)c1[N+](=O)[O-]. The lowest BCUT2D eigenvalue weighted by molar-refractivity contribution is -0.385. The van der Waals surface area contributed by atoms with Gasteiger partial charge in [0.2, 0.25) is 5.82 Å². The molecule has 110 valence electrons. The fourth-order valence-electron chi connectivity index (χ4n) is 2.84. The van der Waals surface area contributed by atoms with Crippen LogP contribution in [0.4, 0.5) is 11.5 Å². The molecule has 0 bridgehead atoms. The van der Waals surface area contributed by atoms with Gasteiger partial charge in [0, 0.05) is 18.8 Å². The van der Waals surface area contributed by atoms with Gasteiger partial charge in [-0.15, -0.1) is 0 Å². The molecule has 1 aliphatic rings. The Labute approximate surface area is 121 Å². The van der Waals surface area contributed by atoms with E-state index in [-0.39, 0.29) is 11.9 Å². The lowest BCUT2D eigenvalue weighted by Crippen LogP contribution is -2.39. The molecule has 3 heterocycles. The number of anilines is 1. The highest BCUT2D eigenvalue weighted by molar-refractivity contribution is 5.62. The van der Waals surface area contributed by atoms with Gasteiger partial charge in [0.15, 0.2) is 0 Å². The van der Waals surface area contributed by atoms with E-state index in [0.29, 0.717) is 12.2 Å². The molecule has 0 aromatic carbocycles. The predicted octanol–water partition coefficient (Wildman–Crippen LogP) is 1.98. The van der Waals surface area contributed by atoms with Crippen LogP contribution in [0.5, 0.6) is 0 Å². The van der Waals surface area contributed by atoms with E-state index in [1.807, 2.05) is 11.8 Å². The van der Waals surface area contributed by atoms with Crippen LogP contribution in [-0.2, 0) is 0 Å². The molecular weight excluding hydrogens is 272 g/mol. The van der Waals surface area contributed by atoms with Crippen LogP contribution in [0.15, 0.2) is 29.2 Å². The average Bonchev–Trinajstić information content (AvgIpc) is 2.47. The molecule has 0 aliphatic carbocycles. The van der Waals surface area contributed by atoms with Crippen molar-refractivity contribution < 1.29 is 4.92 Å². The van der Waals surface area contributed by atoms with E-state index in [1.54, 1.807) is 18.2 Å². The van der Waals surface area contributed by atoms with Gasteiger partial charge in [-0.25, -0.2) is 4.98 Å². The molecule has 7 nitrogen and oxygen atoms in total. The summed E-state index contributed by atoms with van der Waals surface area (Å²) in [5.41, 5.74) is -0.633. The first-order valence-electron chi connectivity index (χ1n) is 7.02. The maximum absolute atomic E-state index is 12.4.